The van der Waals surface area contributed by atoms with Crippen LogP contribution in [0.4, 0.5) is 11.6 Å². The topological polar surface area (TPSA) is 119 Å². The predicted octanol–water partition coefficient (Wildman–Crippen LogP) is 4.42. The molecule has 2 atom stereocenters. The van der Waals surface area contributed by atoms with Gasteiger partial charge < -0.3 is 20.7 Å². The number of nitrogens with zero attached hydrogens (tertiary/aromatic N) is 5. The largest absolute Gasteiger partial charge is 0.382 e. The molecule has 9 nitrogen and oxygen atoms in total. The molecule has 1 saturated carbocycles. The summed E-state index contributed by atoms with van der Waals surface area (Å²) in [6.07, 6.45) is 10.8. The first-order valence-electron chi connectivity index (χ1n) is 13.1. The lowest BCUT2D eigenvalue weighted by Gasteiger charge is -2.34. The van der Waals surface area contributed by atoms with Crippen molar-refractivity contribution in [3.05, 3.63) is 72.4 Å². The number of carbonyl (C=O) groups excluding carboxylic acids is 2. The van der Waals surface area contributed by atoms with E-state index >= 15 is 0 Å². The number of benzene rings is 1. The third-order valence-electron chi connectivity index (χ3n) is 7.31. The molecule has 38 heavy (non-hydrogen) atoms. The molecule has 0 bridgehead atoms. The molecular weight excluding hydrogens is 478 g/mol. The Bertz CT molecular complexity index is 1410. The Morgan fingerprint density at radius 3 is 2.47 bits per heavy atom. The van der Waals surface area contributed by atoms with E-state index in [0.717, 1.165) is 61.1 Å². The van der Waals surface area contributed by atoms with Crippen LogP contribution in [0.3, 0.4) is 0 Å². The molecule has 4 heterocycles. The number of likely N-dealkylation sites (N-methyl/N-ethyl adjacent to an activating group) is 1. The molecule has 2 fully saturated rings. The Hall–Kier alpha value is -4.11. The van der Waals surface area contributed by atoms with E-state index in [-0.39, 0.29) is 5.91 Å². The Balaban J connectivity index is 0.000000529. The van der Waals surface area contributed by atoms with Crippen LogP contribution < -0.4 is 11.1 Å². The molecule has 2 aliphatic rings. The number of hydrogen-bond acceptors (Lipinski definition) is 7. The summed E-state index contributed by atoms with van der Waals surface area (Å²) in [7, 11) is 2.16. The van der Waals surface area contributed by atoms with Gasteiger partial charge in [0.1, 0.15) is 35.0 Å². The average molecular weight is 512 g/mol. The van der Waals surface area contributed by atoms with Crippen LogP contribution in [0.2, 0.25) is 0 Å². The van der Waals surface area contributed by atoms with Crippen molar-refractivity contribution in [2.24, 2.45) is 5.92 Å². The number of imidazole rings is 1. The molecule has 196 valence electrons. The van der Waals surface area contributed by atoms with Gasteiger partial charge in [0, 0.05) is 54.1 Å². The number of aldehydes is 1. The number of nitrogens with one attached hydrogen (secondary N) is 1. The maximum Gasteiger partial charge on any atom is 0.256 e. The predicted molar refractivity (Wildman–Crippen MR) is 148 cm³/mol. The van der Waals surface area contributed by atoms with E-state index in [0.29, 0.717) is 35.1 Å². The van der Waals surface area contributed by atoms with Crippen LogP contribution in [0, 0.1) is 5.92 Å². The number of nitrogens with two attached hydrogens (primary N) is 1. The van der Waals surface area contributed by atoms with Gasteiger partial charge in [0.15, 0.2) is 0 Å². The fourth-order valence-electron chi connectivity index (χ4n) is 4.71. The van der Waals surface area contributed by atoms with E-state index < -0.39 is 0 Å². The SMILES string of the molecule is CC1CCC(c2nc(-c3ccc(C(=O)Nc4ccccn4)cc3)c3c(N)nccn23)CN1C.O=CC1CC1. The zero-order chi connectivity index (χ0) is 26.6. The first-order valence-corrected chi connectivity index (χ1v) is 13.1. The summed E-state index contributed by atoms with van der Waals surface area (Å²) in [5.41, 5.74) is 9.33. The molecule has 4 aromatic rings. The third kappa shape index (κ3) is 5.57. The smallest absolute Gasteiger partial charge is 0.256 e. The van der Waals surface area contributed by atoms with Gasteiger partial charge in [-0.15, -0.1) is 0 Å². The molecule has 3 N–H and O–H groups in total. The molecule has 2 unspecified atom stereocenters. The molecule has 9 heteroatoms. The minimum atomic E-state index is -0.212. The van der Waals surface area contributed by atoms with Crippen LogP contribution in [0.5, 0.6) is 0 Å². The number of fused-ring (bicyclic) bond motifs is 1. The number of hydrogen-bond donors (Lipinski definition) is 2. The van der Waals surface area contributed by atoms with Crippen LogP contribution in [0.1, 0.15) is 54.7 Å². The number of likely N-dealkylation sites (tertiary alicyclic amines) is 1. The molecule has 1 aromatic carbocycles. The van der Waals surface area contributed by atoms with Crippen LogP contribution in [0.15, 0.2) is 61.1 Å². The molecular formula is C29H33N7O2. The highest BCUT2D eigenvalue weighted by Crippen LogP contribution is 2.34. The standard InChI is InChI=1S/C25H27N7O.C4H6O/c1-16-6-7-19(15-31(16)2)24-30-21(22-23(26)28-13-14-32(22)24)17-8-10-18(11-9-17)25(33)29-20-5-3-4-12-27-20;5-3-4-1-2-4/h3-5,8-14,16,19H,6-7,15H2,1-2H3,(H2,26,28)(H,27,29,33);3-4H,1-2H2. The number of amides is 1. The lowest BCUT2D eigenvalue weighted by atomic mass is 9.93. The van der Waals surface area contributed by atoms with Crippen molar-refractivity contribution in [1.82, 2.24) is 24.3 Å². The highest BCUT2D eigenvalue weighted by Gasteiger charge is 2.28. The number of pyridine rings is 1. The fraction of sp³-hybridized carbons (Fsp3) is 0.345. The van der Waals surface area contributed by atoms with Gasteiger partial charge in [-0.3, -0.25) is 9.20 Å². The van der Waals surface area contributed by atoms with E-state index in [2.05, 4.69) is 38.6 Å². The van der Waals surface area contributed by atoms with Crippen LogP contribution >= 0.6 is 0 Å². The van der Waals surface area contributed by atoms with Gasteiger partial charge in [-0.25, -0.2) is 15.0 Å². The number of piperidine rings is 1. The molecule has 3 aromatic heterocycles. The number of carbonyl (C=O) groups is 2. The second-order valence-corrected chi connectivity index (χ2v) is 10.1. The van der Waals surface area contributed by atoms with Crippen LogP contribution in [0.25, 0.3) is 16.8 Å². The van der Waals surface area contributed by atoms with Crippen molar-refractivity contribution in [2.45, 2.75) is 44.6 Å². The molecule has 0 spiro atoms. The Kier molecular flexibility index (Phi) is 7.46. The third-order valence-corrected chi connectivity index (χ3v) is 7.31. The molecule has 0 radical (unpaired) electrons. The van der Waals surface area contributed by atoms with E-state index in [9.17, 15) is 9.59 Å². The zero-order valence-electron chi connectivity index (χ0n) is 21.7. The maximum absolute atomic E-state index is 12.6. The van der Waals surface area contributed by atoms with Crippen molar-refractivity contribution in [1.29, 1.82) is 0 Å². The van der Waals surface area contributed by atoms with Gasteiger partial charge in [-0.2, -0.15) is 0 Å². The van der Waals surface area contributed by atoms with Gasteiger partial charge in [-0.1, -0.05) is 18.2 Å². The minimum absolute atomic E-state index is 0.212. The van der Waals surface area contributed by atoms with E-state index in [1.54, 1.807) is 36.7 Å². The summed E-state index contributed by atoms with van der Waals surface area (Å²) in [5.74, 6) is 2.52. The number of rotatable bonds is 5. The first-order chi connectivity index (χ1) is 18.4. The molecule has 1 saturated heterocycles. The summed E-state index contributed by atoms with van der Waals surface area (Å²) in [6, 6.07) is 13.4. The van der Waals surface area contributed by atoms with Gasteiger partial charge >= 0.3 is 0 Å². The van der Waals surface area contributed by atoms with E-state index in [1.807, 2.05) is 24.4 Å². The van der Waals surface area contributed by atoms with Crippen molar-refractivity contribution < 1.29 is 9.59 Å². The number of aromatic nitrogens is 4. The van der Waals surface area contributed by atoms with Gasteiger partial charge in [0.25, 0.3) is 5.91 Å². The maximum atomic E-state index is 12.6. The van der Waals surface area contributed by atoms with Crippen LogP contribution in [-0.4, -0.2) is 56.1 Å². The molecule has 1 aliphatic carbocycles. The van der Waals surface area contributed by atoms with Crippen molar-refractivity contribution >= 4 is 29.3 Å². The highest BCUT2D eigenvalue weighted by atomic mass is 16.1. The van der Waals surface area contributed by atoms with Crippen LogP contribution in [-0.2, 0) is 4.79 Å². The minimum Gasteiger partial charge on any atom is -0.382 e. The number of nitrogen functional groups attached to an aromatic ring is 1. The summed E-state index contributed by atoms with van der Waals surface area (Å²) in [6.45, 7) is 3.22. The fourth-order valence-corrected chi connectivity index (χ4v) is 4.71. The monoisotopic (exact) mass is 511 g/mol. The normalized spacial score (nSPS) is 19.4. The van der Waals surface area contributed by atoms with Gasteiger partial charge in [0.2, 0.25) is 0 Å². The molecule has 6 rings (SSSR count). The summed E-state index contributed by atoms with van der Waals surface area (Å²) in [4.78, 5) is 38.0. The second-order valence-electron chi connectivity index (χ2n) is 10.1. The lowest BCUT2D eigenvalue weighted by Crippen LogP contribution is -2.38. The Morgan fingerprint density at radius 2 is 1.84 bits per heavy atom. The quantitative estimate of drug-likeness (QED) is 0.381. The van der Waals surface area contributed by atoms with E-state index in [4.69, 9.17) is 10.7 Å². The number of anilines is 2. The zero-order valence-corrected chi connectivity index (χ0v) is 21.7. The van der Waals surface area contributed by atoms with Crippen molar-refractivity contribution in [3.8, 4) is 11.3 Å². The molecule has 1 amide bonds. The Morgan fingerprint density at radius 1 is 1.05 bits per heavy atom. The summed E-state index contributed by atoms with van der Waals surface area (Å²) < 4.78 is 2.08. The van der Waals surface area contributed by atoms with Crippen molar-refractivity contribution in [2.75, 3.05) is 24.6 Å². The summed E-state index contributed by atoms with van der Waals surface area (Å²) in [5, 5.41) is 2.81. The van der Waals surface area contributed by atoms with Gasteiger partial charge in [0.05, 0.1) is 0 Å². The lowest BCUT2D eigenvalue weighted by molar-refractivity contribution is -0.108. The highest BCUT2D eigenvalue weighted by molar-refractivity contribution is 6.04. The van der Waals surface area contributed by atoms with Gasteiger partial charge in [-0.05, 0) is 63.9 Å². The van der Waals surface area contributed by atoms with Crippen molar-refractivity contribution in [3.63, 3.8) is 0 Å². The Labute approximate surface area is 222 Å². The van der Waals surface area contributed by atoms with E-state index in [1.165, 1.54) is 0 Å². The summed E-state index contributed by atoms with van der Waals surface area (Å²) >= 11 is 0. The molecule has 1 aliphatic heterocycles. The average Bonchev–Trinajstić information content (AvgIpc) is 3.70. The second kappa shape index (κ2) is 11.1. The first kappa shape index (κ1) is 25.5.